The fraction of sp³-hybridized carbons (Fsp3) is 0.238. The zero-order valence-corrected chi connectivity index (χ0v) is 15.8. The SMILES string of the molecule is COC(=O)[C@H](Cc1ccccc1)NC(=O)COC(=O)COc1ccc(C#N)cc1. The lowest BCUT2D eigenvalue weighted by Crippen LogP contribution is -2.44. The molecule has 8 heteroatoms. The first-order valence-corrected chi connectivity index (χ1v) is 8.71. The number of amides is 1. The van der Waals surface area contributed by atoms with Crippen molar-refractivity contribution in [2.45, 2.75) is 12.5 Å². The Morgan fingerprint density at radius 1 is 1.03 bits per heavy atom. The maximum atomic E-state index is 12.0. The predicted octanol–water partition coefficient (Wildman–Crippen LogP) is 1.38. The van der Waals surface area contributed by atoms with Crippen molar-refractivity contribution in [1.82, 2.24) is 5.32 Å². The molecule has 0 heterocycles. The average molecular weight is 396 g/mol. The van der Waals surface area contributed by atoms with Crippen LogP contribution in [0.3, 0.4) is 0 Å². The molecule has 0 saturated carbocycles. The van der Waals surface area contributed by atoms with Crippen molar-refractivity contribution in [3.63, 3.8) is 0 Å². The number of carbonyl (C=O) groups is 3. The second-order valence-corrected chi connectivity index (χ2v) is 5.92. The quantitative estimate of drug-likeness (QED) is 0.637. The van der Waals surface area contributed by atoms with Gasteiger partial charge < -0.3 is 19.5 Å². The van der Waals surface area contributed by atoms with Gasteiger partial charge in [-0.05, 0) is 29.8 Å². The van der Waals surface area contributed by atoms with E-state index < -0.39 is 37.1 Å². The van der Waals surface area contributed by atoms with E-state index in [0.717, 1.165) is 5.56 Å². The van der Waals surface area contributed by atoms with Crippen molar-refractivity contribution in [2.75, 3.05) is 20.3 Å². The van der Waals surface area contributed by atoms with E-state index in [4.69, 9.17) is 19.5 Å². The van der Waals surface area contributed by atoms with E-state index in [0.29, 0.717) is 11.3 Å². The number of nitriles is 1. The van der Waals surface area contributed by atoms with Gasteiger partial charge in [-0.3, -0.25) is 4.79 Å². The van der Waals surface area contributed by atoms with Gasteiger partial charge in [-0.25, -0.2) is 9.59 Å². The molecule has 1 atom stereocenters. The Balaban J connectivity index is 1.79. The molecular weight excluding hydrogens is 376 g/mol. The van der Waals surface area contributed by atoms with Crippen molar-refractivity contribution in [3.8, 4) is 11.8 Å². The van der Waals surface area contributed by atoms with Gasteiger partial charge in [0.05, 0.1) is 18.7 Å². The van der Waals surface area contributed by atoms with Gasteiger partial charge in [0, 0.05) is 6.42 Å². The van der Waals surface area contributed by atoms with Crippen LogP contribution in [0, 0.1) is 11.3 Å². The van der Waals surface area contributed by atoms with Crippen molar-refractivity contribution in [3.05, 3.63) is 65.7 Å². The molecule has 150 valence electrons. The summed E-state index contributed by atoms with van der Waals surface area (Å²) >= 11 is 0. The van der Waals surface area contributed by atoms with E-state index in [-0.39, 0.29) is 6.42 Å². The molecule has 1 amide bonds. The molecule has 0 unspecified atom stereocenters. The van der Waals surface area contributed by atoms with Crippen LogP contribution in [0.25, 0.3) is 0 Å². The molecule has 8 nitrogen and oxygen atoms in total. The normalized spacial score (nSPS) is 10.9. The zero-order valence-electron chi connectivity index (χ0n) is 15.8. The van der Waals surface area contributed by atoms with Crippen LogP contribution in [0.4, 0.5) is 0 Å². The number of ether oxygens (including phenoxy) is 3. The molecule has 0 aliphatic carbocycles. The number of carbonyl (C=O) groups excluding carboxylic acids is 3. The van der Waals surface area contributed by atoms with Crippen LogP contribution in [-0.4, -0.2) is 44.2 Å². The molecule has 2 aromatic rings. The van der Waals surface area contributed by atoms with Crippen LogP contribution in [-0.2, 0) is 30.3 Å². The Bertz CT molecular complexity index is 874. The Hall–Kier alpha value is -3.86. The van der Waals surface area contributed by atoms with Gasteiger partial charge in [0.25, 0.3) is 5.91 Å². The van der Waals surface area contributed by atoms with E-state index in [2.05, 4.69) is 5.32 Å². The molecule has 0 aliphatic rings. The number of benzene rings is 2. The third kappa shape index (κ3) is 7.34. The van der Waals surface area contributed by atoms with Gasteiger partial charge in [0.2, 0.25) is 0 Å². The van der Waals surface area contributed by atoms with Crippen LogP contribution in [0.2, 0.25) is 0 Å². The summed E-state index contributed by atoms with van der Waals surface area (Å²) in [6.07, 6.45) is 0.245. The van der Waals surface area contributed by atoms with Crippen molar-refractivity contribution in [2.24, 2.45) is 0 Å². The third-order valence-corrected chi connectivity index (χ3v) is 3.81. The predicted molar refractivity (Wildman–Crippen MR) is 102 cm³/mol. The first kappa shape index (κ1) is 21.4. The van der Waals surface area contributed by atoms with Crippen LogP contribution in [0.15, 0.2) is 54.6 Å². The fourth-order valence-electron chi connectivity index (χ4n) is 2.38. The fourth-order valence-corrected chi connectivity index (χ4v) is 2.38. The minimum Gasteiger partial charge on any atom is -0.482 e. The molecule has 29 heavy (non-hydrogen) atoms. The summed E-state index contributed by atoms with van der Waals surface area (Å²) < 4.78 is 14.8. The number of nitrogens with one attached hydrogen (secondary N) is 1. The highest BCUT2D eigenvalue weighted by Crippen LogP contribution is 2.11. The molecule has 0 radical (unpaired) electrons. The Morgan fingerprint density at radius 2 is 1.72 bits per heavy atom. The van der Waals surface area contributed by atoms with E-state index in [1.807, 2.05) is 36.4 Å². The summed E-state index contributed by atoms with van der Waals surface area (Å²) in [5, 5.41) is 11.2. The Labute approximate surface area is 168 Å². The average Bonchev–Trinajstić information content (AvgIpc) is 2.76. The molecule has 0 spiro atoms. The lowest BCUT2D eigenvalue weighted by atomic mass is 10.1. The van der Waals surface area contributed by atoms with Gasteiger partial charge >= 0.3 is 11.9 Å². The molecule has 0 aromatic heterocycles. The van der Waals surface area contributed by atoms with Crippen molar-refractivity contribution >= 4 is 17.8 Å². The zero-order chi connectivity index (χ0) is 21.1. The summed E-state index contributed by atoms with van der Waals surface area (Å²) in [7, 11) is 1.23. The van der Waals surface area contributed by atoms with E-state index in [9.17, 15) is 14.4 Å². The summed E-state index contributed by atoms with van der Waals surface area (Å²) in [4.78, 5) is 35.7. The molecule has 0 fully saturated rings. The smallest absolute Gasteiger partial charge is 0.344 e. The minimum absolute atomic E-state index is 0.245. The number of methoxy groups -OCH3 is 1. The first-order valence-electron chi connectivity index (χ1n) is 8.71. The first-order chi connectivity index (χ1) is 14.0. The number of nitrogens with zero attached hydrogens (tertiary/aromatic N) is 1. The van der Waals surface area contributed by atoms with Crippen LogP contribution in [0.1, 0.15) is 11.1 Å². The number of rotatable bonds is 9. The topological polar surface area (TPSA) is 115 Å². The summed E-state index contributed by atoms with van der Waals surface area (Å²) in [5.74, 6) is -1.60. The van der Waals surface area contributed by atoms with E-state index in [1.165, 1.54) is 7.11 Å². The minimum atomic E-state index is -0.900. The van der Waals surface area contributed by atoms with Gasteiger partial charge in [0.15, 0.2) is 13.2 Å². The Kier molecular flexibility index (Phi) is 8.20. The highest BCUT2D eigenvalue weighted by atomic mass is 16.6. The van der Waals surface area contributed by atoms with Gasteiger partial charge in [-0.15, -0.1) is 0 Å². The van der Waals surface area contributed by atoms with Crippen molar-refractivity contribution < 1.29 is 28.6 Å². The molecule has 2 rings (SSSR count). The van der Waals surface area contributed by atoms with Gasteiger partial charge in [-0.2, -0.15) is 5.26 Å². The highest BCUT2D eigenvalue weighted by Gasteiger charge is 2.22. The van der Waals surface area contributed by atoms with Crippen LogP contribution >= 0.6 is 0 Å². The van der Waals surface area contributed by atoms with Crippen LogP contribution in [0.5, 0.6) is 5.75 Å². The second kappa shape index (κ2) is 11.1. The molecular formula is C21H20N2O6. The number of hydrogen-bond donors (Lipinski definition) is 1. The highest BCUT2D eigenvalue weighted by molar-refractivity contribution is 5.86. The molecule has 0 aliphatic heterocycles. The monoisotopic (exact) mass is 396 g/mol. The lowest BCUT2D eigenvalue weighted by Gasteiger charge is -2.16. The molecule has 2 aromatic carbocycles. The van der Waals surface area contributed by atoms with Gasteiger partial charge in [0.1, 0.15) is 11.8 Å². The molecule has 0 saturated heterocycles. The van der Waals surface area contributed by atoms with Gasteiger partial charge in [-0.1, -0.05) is 30.3 Å². The second-order valence-electron chi connectivity index (χ2n) is 5.92. The number of esters is 2. The number of hydrogen-bond acceptors (Lipinski definition) is 7. The summed E-state index contributed by atoms with van der Waals surface area (Å²) in [6.45, 7) is -0.957. The lowest BCUT2D eigenvalue weighted by molar-refractivity contribution is -0.151. The molecule has 1 N–H and O–H groups in total. The maximum Gasteiger partial charge on any atom is 0.344 e. The summed E-state index contributed by atoms with van der Waals surface area (Å²) in [5.41, 5.74) is 1.31. The Morgan fingerprint density at radius 3 is 2.34 bits per heavy atom. The molecule has 0 bridgehead atoms. The third-order valence-electron chi connectivity index (χ3n) is 3.81. The maximum absolute atomic E-state index is 12.0. The standard InChI is InChI=1S/C21H20N2O6/c1-27-21(26)18(11-15-5-3-2-4-6-15)23-19(24)13-29-20(25)14-28-17-9-7-16(12-22)8-10-17/h2-10,18H,11,13-14H2,1H3,(H,23,24)/t18-/m0/s1. The van der Waals surface area contributed by atoms with Crippen LogP contribution < -0.4 is 10.1 Å². The van der Waals surface area contributed by atoms with E-state index in [1.54, 1.807) is 24.3 Å². The largest absolute Gasteiger partial charge is 0.482 e. The van der Waals surface area contributed by atoms with E-state index >= 15 is 0 Å². The summed E-state index contributed by atoms with van der Waals surface area (Å²) in [6, 6.07) is 16.4. The van der Waals surface area contributed by atoms with Crippen molar-refractivity contribution in [1.29, 1.82) is 5.26 Å².